The van der Waals surface area contributed by atoms with Gasteiger partial charge in [0, 0.05) is 17.1 Å². The molecule has 90 valence electrons. The monoisotopic (exact) mass is 259 g/mol. The third kappa shape index (κ3) is 1.80. The molecule has 0 aliphatic heterocycles. The Hall–Kier alpha value is -2.07. The van der Waals surface area contributed by atoms with Crippen LogP contribution in [-0.4, -0.2) is 22.3 Å². The third-order valence-electron chi connectivity index (χ3n) is 2.78. The van der Waals surface area contributed by atoms with E-state index in [1.807, 2.05) is 24.3 Å². The lowest BCUT2D eigenvalue weighted by Crippen LogP contribution is -1.86. The summed E-state index contributed by atoms with van der Waals surface area (Å²) in [6, 6.07) is 7.68. The molecule has 0 aliphatic rings. The van der Waals surface area contributed by atoms with E-state index in [0.29, 0.717) is 10.8 Å². The lowest BCUT2D eigenvalue weighted by Gasteiger charge is -2.06. The van der Waals surface area contributed by atoms with Gasteiger partial charge in [0.1, 0.15) is 5.75 Å². The van der Waals surface area contributed by atoms with Crippen LogP contribution < -0.4 is 4.74 Å². The molecule has 2 aromatic heterocycles. The summed E-state index contributed by atoms with van der Waals surface area (Å²) < 4.78 is 5.13. The molecule has 0 radical (unpaired) electrons. The van der Waals surface area contributed by atoms with Gasteiger partial charge in [0.15, 0.2) is 5.65 Å². The van der Waals surface area contributed by atoms with Crippen molar-refractivity contribution in [2.24, 2.45) is 0 Å². The topological polar surface area (TPSA) is 50.8 Å². The highest BCUT2D eigenvalue weighted by Gasteiger charge is 2.05. The van der Waals surface area contributed by atoms with E-state index < -0.39 is 0 Å². The van der Waals surface area contributed by atoms with Gasteiger partial charge in [-0.25, -0.2) is 4.98 Å². The van der Waals surface area contributed by atoms with Crippen molar-refractivity contribution in [2.75, 3.05) is 7.11 Å². The Morgan fingerprint density at radius 3 is 2.83 bits per heavy atom. The number of benzene rings is 1. The second kappa shape index (κ2) is 4.31. The normalized spacial score (nSPS) is 10.8. The zero-order chi connectivity index (χ0) is 12.5. The van der Waals surface area contributed by atoms with E-state index in [-0.39, 0.29) is 0 Å². The number of nitrogens with zero attached hydrogens (tertiary/aromatic N) is 2. The number of H-pyrrole nitrogens is 1. The van der Waals surface area contributed by atoms with E-state index in [0.717, 1.165) is 22.2 Å². The summed E-state index contributed by atoms with van der Waals surface area (Å²) in [6.07, 6.45) is 3.54. The highest BCUT2D eigenvalue weighted by molar-refractivity contribution is 6.32. The van der Waals surface area contributed by atoms with Gasteiger partial charge in [-0.05, 0) is 23.8 Å². The van der Waals surface area contributed by atoms with Crippen LogP contribution in [0.4, 0.5) is 0 Å². The van der Waals surface area contributed by atoms with Crippen molar-refractivity contribution in [2.45, 2.75) is 0 Å². The van der Waals surface area contributed by atoms with Crippen LogP contribution in [0.1, 0.15) is 0 Å². The summed E-state index contributed by atoms with van der Waals surface area (Å²) in [5.41, 5.74) is 2.77. The minimum Gasteiger partial charge on any atom is -0.495 e. The van der Waals surface area contributed by atoms with Gasteiger partial charge in [-0.15, -0.1) is 0 Å². The number of nitrogens with one attached hydrogen (secondary N) is 1. The Labute approximate surface area is 109 Å². The van der Waals surface area contributed by atoms with Gasteiger partial charge in [0.2, 0.25) is 0 Å². The van der Waals surface area contributed by atoms with E-state index >= 15 is 0 Å². The average Bonchev–Trinajstić information content (AvgIpc) is 2.85. The minimum absolute atomic E-state index is 0.585. The predicted octanol–water partition coefficient (Wildman–Crippen LogP) is 3.29. The Morgan fingerprint density at radius 2 is 2.06 bits per heavy atom. The number of pyridine rings is 1. The van der Waals surface area contributed by atoms with E-state index in [9.17, 15) is 0 Å². The number of fused-ring (bicyclic) bond motifs is 1. The Morgan fingerprint density at radius 1 is 1.17 bits per heavy atom. The van der Waals surface area contributed by atoms with Gasteiger partial charge < -0.3 is 4.74 Å². The third-order valence-corrected chi connectivity index (χ3v) is 3.07. The van der Waals surface area contributed by atoms with Crippen LogP contribution >= 0.6 is 11.6 Å². The first-order valence-electron chi connectivity index (χ1n) is 5.41. The van der Waals surface area contributed by atoms with Gasteiger partial charge in [-0.3, -0.25) is 5.10 Å². The zero-order valence-electron chi connectivity index (χ0n) is 9.64. The van der Waals surface area contributed by atoms with Crippen molar-refractivity contribution < 1.29 is 4.74 Å². The molecule has 18 heavy (non-hydrogen) atoms. The molecule has 0 fully saturated rings. The van der Waals surface area contributed by atoms with Crippen molar-refractivity contribution in [3.05, 3.63) is 41.7 Å². The first-order chi connectivity index (χ1) is 8.78. The Kier molecular flexibility index (Phi) is 2.64. The quantitative estimate of drug-likeness (QED) is 0.768. The number of hydrogen-bond acceptors (Lipinski definition) is 3. The molecule has 3 aromatic rings. The number of hydrogen-bond donors (Lipinski definition) is 1. The number of ether oxygens (including phenoxy) is 1. The van der Waals surface area contributed by atoms with Crippen LogP contribution in [-0.2, 0) is 0 Å². The standard InChI is InChI=1S/C13H10ClN3O/c1-18-12-3-2-8(5-11(12)14)9-4-10-7-16-17-13(10)15-6-9/h2-7H,1H3,(H,15,16,17). The van der Waals surface area contributed by atoms with E-state index in [2.05, 4.69) is 15.2 Å². The van der Waals surface area contributed by atoms with Gasteiger partial charge in [0.25, 0.3) is 0 Å². The van der Waals surface area contributed by atoms with Crippen LogP contribution in [0.5, 0.6) is 5.75 Å². The second-order valence-corrected chi connectivity index (χ2v) is 4.29. The van der Waals surface area contributed by atoms with Crippen LogP contribution in [0.15, 0.2) is 36.7 Å². The fourth-order valence-corrected chi connectivity index (χ4v) is 2.10. The molecule has 0 bridgehead atoms. The SMILES string of the molecule is COc1ccc(-c2cnc3[nH]ncc3c2)cc1Cl. The molecule has 0 unspecified atom stereocenters. The first kappa shape index (κ1) is 11.0. The number of methoxy groups -OCH3 is 1. The maximum Gasteiger partial charge on any atom is 0.155 e. The molecule has 2 heterocycles. The highest BCUT2D eigenvalue weighted by Crippen LogP contribution is 2.30. The highest BCUT2D eigenvalue weighted by atomic mass is 35.5. The molecule has 3 rings (SSSR count). The van der Waals surface area contributed by atoms with Gasteiger partial charge in [-0.1, -0.05) is 17.7 Å². The number of aromatic amines is 1. The average molecular weight is 260 g/mol. The van der Waals surface area contributed by atoms with E-state index in [4.69, 9.17) is 16.3 Å². The van der Waals surface area contributed by atoms with Crippen molar-refractivity contribution in [3.8, 4) is 16.9 Å². The lowest BCUT2D eigenvalue weighted by atomic mass is 10.1. The molecule has 4 nitrogen and oxygen atoms in total. The zero-order valence-corrected chi connectivity index (χ0v) is 10.4. The molecule has 0 amide bonds. The van der Waals surface area contributed by atoms with Gasteiger partial charge in [0.05, 0.1) is 18.3 Å². The summed E-state index contributed by atoms with van der Waals surface area (Å²) in [7, 11) is 1.60. The summed E-state index contributed by atoms with van der Waals surface area (Å²) in [4.78, 5) is 4.30. The molecule has 0 aliphatic carbocycles. The molecule has 0 spiro atoms. The van der Waals surface area contributed by atoms with Crippen molar-refractivity contribution in [1.29, 1.82) is 0 Å². The Balaban J connectivity index is 2.10. The molecule has 0 saturated carbocycles. The maximum atomic E-state index is 6.11. The van der Waals surface area contributed by atoms with Crippen LogP contribution in [0, 0.1) is 0 Å². The summed E-state index contributed by atoms with van der Waals surface area (Å²) in [5.74, 6) is 0.665. The van der Waals surface area contributed by atoms with E-state index in [1.54, 1.807) is 19.5 Å². The Bertz CT molecular complexity index is 708. The van der Waals surface area contributed by atoms with Crippen LogP contribution in [0.2, 0.25) is 5.02 Å². The van der Waals surface area contributed by atoms with Gasteiger partial charge >= 0.3 is 0 Å². The molecule has 0 saturated heterocycles. The maximum absolute atomic E-state index is 6.11. The largest absolute Gasteiger partial charge is 0.495 e. The fourth-order valence-electron chi connectivity index (χ4n) is 1.84. The van der Waals surface area contributed by atoms with Crippen molar-refractivity contribution in [1.82, 2.24) is 15.2 Å². The number of aromatic nitrogens is 3. The second-order valence-electron chi connectivity index (χ2n) is 3.88. The lowest BCUT2D eigenvalue weighted by molar-refractivity contribution is 0.415. The summed E-state index contributed by atoms with van der Waals surface area (Å²) >= 11 is 6.11. The molecular formula is C13H10ClN3O. The van der Waals surface area contributed by atoms with E-state index in [1.165, 1.54) is 0 Å². The molecular weight excluding hydrogens is 250 g/mol. The number of halogens is 1. The molecule has 1 aromatic carbocycles. The van der Waals surface area contributed by atoms with Gasteiger partial charge in [-0.2, -0.15) is 5.10 Å². The smallest absolute Gasteiger partial charge is 0.155 e. The minimum atomic E-state index is 0.585. The summed E-state index contributed by atoms with van der Waals surface area (Å²) in [6.45, 7) is 0. The van der Waals surface area contributed by atoms with Crippen LogP contribution in [0.3, 0.4) is 0 Å². The molecule has 5 heteroatoms. The number of rotatable bonds is 2. The molecule has 0 atom stereocenters. The fraction of sp³-hybridized carbons (Fsp3) is 0.0769. The first-order valence-corrected chi connectivity index (χ1v) is 5.79. The summed E-state index contributed by atoms with van der Waals surface area (Å²) in [5, 5.41) is 8.33. The predicted molar refractivity (Wildman–Crippen MR) is 70.9 cm³/mol. The van der Waals surface area contributed by atoms with Crippen molar-refractivity contribution in [3.63, 3.8) is 0 Å². The van der Waals surface area contributed by atoms with Crippen LogP contribution in [0.25, 0.3) is 22.2 Å². The van der Waals surface area contributed by atoms with Crippen molar-refractivity contribution >= 4 is 22.6 Å². The molecule has 1 N–H and O–H groups in total.